The number of rotatable bonds is 1. The van der Waals surface area contributed by atoms with Gasteiger partial charge in [0, 0.05) is 16.7 Å². The molecule has 1 aromatic rings. The number of hydrogen-bond acceptors (Lipinski definition) is 2. The highest BCUT2D eigenvalue weighted by Crippen LogP contribution is 2.15. The Morgan fingerprint density at radius 3 is 2.82 bits per heavy atom. The van der Waals surface area contributed by atoms with Crippen molar-refractivity contribution in [2.45, 2.75) is 6.92 Å². The molecular weight excluding hydrogens is 276 g/mol. The van der Waals surface area contributed by atoms with Crippen molar-refractivity contribution in [3.63, 3.8) is 0 Å². The van der Waals surface area contributed by atoms with Crippen LogP contribution in [-0.4, -0.2) is 10.8 Å². The minimum Gasteiger partial charge on any atom is -0.293 e. The molecular formula is C7H5ClINO. The average molecular weight is 281 g/mol. The molecule has 2 nitrogen and oxygen atoms in total. The zero-order valence-corrected chi connectivity index (χ0v) is 8.68. The quantitative estimate of drug-likeness (QED) is 0.585. The second-order valence-corrected chi connectivity index (χ2v) is 3.64. The predicted octanol–water partition coefficient (Wildman–Crippen LogP) is 2.54. The Hall–Kier alpha value is -0.160. The Kier molecular flexibility index (Phi) is 2.84. The van der Waals surface area contributed by atoms with Crippen molar-refractivity contribution in [2.75, 3.05) is 0 Å². The molecule has 0 aliphatic heterocycles. The molecule has 0 saturated heterocycles. The average Bonchev–Trinajstić information content (AvgIpc) is 1.85. The van der Waals surface area contributed by atoms with Crippen LogP contribution in [0.2, 0.25) is 5.02 Å². The molecule has 0 aliphatic carbocycles. The number of aromatic nitrogens is 1. The third-order valence-corrected chi connectivity index (χ3v) is 2.17. The maximum absolute atomic E-state index is 10.9. The van der Waals surface area contributed by atoms with Gasteiger partial charge in [-0.15, -0.1) is 0 Å². The van der Waals surface area contributed by atoms with Crippen molar-refractivity contribution in [2.24, 2.45) is 0 Å². The summed E-state index contributed by atoms with van der Waals surface area (Å²) in [6, 6.07) is 1.71. The first-order chi connectivity index (χ1) is 5.11. The zero-order chi connectivity index (χ0) is 8.43. The lowest BCUT2D eigenvalue weighted by Crippen LogP contribution is -1.99. The molecule has 0 aromatic carbocycles. The summed E-state index contributed by atoms with van der Waals surface area (Å²) in [5, 5.41) is 0.555. The smallest absolute Gasteiger partial charge is 0.179 e. The zero-order valence-electron chi connectivity index (χ0n) is 5.77. The fourth-order valence-corrected chi connectivity index (χ4v) is 1.87. The number of nitrogens with zero attached hydrogens (tertiary/aromatic N) is 1. The van der Waals surface area contributed by atoms with Crippen molar-refractivity contribution in [1.82, 2.24) is 4.98 Å². The van der Waals surface area contributed by atoms with Crippen LogP contribution in [0.3, 0.4) is 0 Å². The third kappa shape index (κ3) is 2.13. The Bertz CT molecular complexity index is 300. The standard InChI is InChI=1S/C7H5ClINO/c1-4(11)7-6(9)2-5(8)3-10-7/h2-3H,1H3. The van der Waals surface area contributed by atoms with Crippen molar-refractivity contribution >= 4 is 40.0 Å². The fourth-order valence-electron chi connectivity index (χ4n) is 0.674. The van der Waals surface area contributed by atoms with E-state index < -0.39 is 0 Å². The number of Topliss-reactive ketones (excluding diaryl/α,β-unsaturated/α-hetero) is 1. The van der Waals surface area contributed by atoms with Crippen LogP contribution in [0, 0.1) is 3.57 Å². The monoisotopic (exact) mass is 281 g/mol. The van der Waals surface area contributed by atoms with Crippen LogP contribution in [-0.2, 0) is 0 Å². The van der Waals surface area contributed by atoms with Crippen molar-refractivity contribution in [1.29, 1.82) is 0 Å². The molecule has 58 valence electrons. The van der Waals surface area contributed by atoms with Crippen LogP contribution in [0.15, 0.2) is 12.3 Å². The summed E-state index contributed by atoms with van der Waals surface area (Å²) in [5.74, 6) is -0.0360. The molecule has 0 amide bonds. The van der Waals surface area contributed by atoms with Crippen LogP contribution in [0.1, 0.15) is 17.4 Å². The highest BCUT2D eigenvalue weighted by atomic mass is 127. The Morgan fingerprint density at radius 1 is 1.73 bits per heavy atom. The van der Waals surface area contributed by atoms with Gasteiger partial charge in [-0.3, -0.25) is 9.78 Å². The summed E-state index contributed by atoms with van der Waals surface area (Å²) in [6.45, 7) is 1.48. The molecule has 0 aliphatic rings. The summed E-state index contributed by atoms with van der Waals surface area (Å²) in [6.07, 6.45) is 1.47. The topological polar surface area (TPSA) is 30.0 Å². The summed E-state index contributed by atoms with van der Waals surface area (Å²) >= 11 is 7.68. The highest BCUT2D eigenvalue weighted by molar-refractivity contribution is 14.1. The van der Waals surface area contributed by atoms with E-state index in [-0.39, 0.29) is 5.78 Å². The van der Waals surface area contributed by atoms with Crippen LogP contribution < -0.4 is 0 Å². The first-order valence-electron chi connectivity index (χ1n) is 2.93. The van der Waals surface area contributed by atoms with E-state index in [0.717, 1.165) is 3.57 Å². The minimum absolute atomic E-state index is 0.0360. The van der Waals surface area contributed by atoms with E-state index in [1.54, 1.807) is 6.07 Å². The van der Waals surface area contributed by atoms with Crippen LogP contribution in [0.5, 0.6) is 0 Å². The van der Waals surface area contributed by atoms with E-state index in [1.807, 2.05) is 22.6 Å². The van der Waals surface area contributed by atoms with Crippen molar-refractivity contribution in [3.8, 4) is 0 Å². The van der Waals surface area contributed by atoms with E-state index in [1.165, 1.54) is 13.1 Å². The van der Waals surface area contributed by atoms with Gasteiger partial charge < -0.3 is 0 Å². The lowest BCUT2D eigenvalue weighted by molar-refractivity contribution is 0.101. The van der Waals surface area contributed by atoms with Crippen LogP contribution in [0.4, 0.5) is 0 Å². The number of carbonyl (C=O) groups excluding carboxylic acids is 1. The summed E-state index contributed by atoms with van der Waals surface area (Å²) in [5.41, 5.74) is 0.481. The molecule has 0 bridgehead atoms. The largest absolute Gasteiger partial charge is 0.293 e. The van der Waals surface area contributed by atoms with E-state index in [0.29, 0.717) is 10.7 Å². The van der Waals surface area contributed by atoms with Crippen LogP contribution >= 0.6 is 34.2 Å². The SMILES string of the molecule is CC(=O)c1ncc(Cl)cc1I. The molecule has 0 radical (unpaired) electrons. The maximum Gasteiger partial charge on any atom is 0.179 e. The van der Waals surface area contributed by atoms with E-state index >= 15 is 0 Å². The Morgan fingerprint density at radius 2 is 2.36 bits per heavy atom. The molecule has 1 heterocycles. The lowest BCUT2D eigenvalue weighted by Gasteiger charge is -1.97. The first-order valence-corrected chi connectivity index (χ1v) is 4.39. The molecule has 0 atom stereocenters. The molecule has 1 rings (SSSR count). The van der Waals surface area contributed by atoms with Gasteiger partial charge in [-0.1, -0.05) is 11.6 Å². The van der Waals surface area contributed by atoms with Gasteiger partial charge in [0.25, 0.3) is 0 Å². The summed E-state index contributed by atoms with van der Waals surface area (Å²) in [7, 11) is 0. The molecule has 0 fully saturated rings. The predicted molar refractivity (Wildman–Crippen MR) is 52.0 cm³/mol. The maximum atomic E-state index is 10.9. The van der Waals surface area contributed by atoms with Gasteiger partial charge in [0.2, 0.25) is 0 Å². The Labute approximate surface area is 83.1 Å². The van der Waals surface area contributed by atoms with E-state index in [4.69, 9.17) is 11.6 Å². The second-order valence-electron chi connectivity index (χ2n) is 2.04. The van der Waals surface area contributed by atoms with Gasteiger partial charge in [0.05, 0.1) is 5.02 Å². The van der Waals surface area contributed by atoms with Gasteiger partial charge in [-0.05, 0) is 28.7 Å². The summed E-state index contributed by atoms with van der Waals surface area (Å²) < 4.78 is 0.794. The number of halogens is 2. The second kappa shape index (κ2) is 3.49. The van der Waals surface area contributed by atoms with Gasteiger partial charge in [0.15, 0.2) is 5.78 Å². The van der Waals surface area contributed by atoms with Gasteiger partial charge in [0.1, 0.15) is 5.69 Å². The molecule has 0 spiro atoms. The molecule has 0 N–H and O–H groups in total. The van der Waals surface area contributed by atoms with Crippen LogP contribution in [0.25, 0.3) is 0 Å². The minimum atomic E-state index is -0.0360. The Balaban J connectivity index is 3.20. The van der Waals surface area contributed by atoms with Crippen molar-refractivity contribution in [3.05, 3.63) is 26.5 Å². The number of carbonyl (C=O) groups is 1. The first kappa shape index (κ1) is 8.93. The van der Waals surface area contributed by atoms with E-state index in [2.05, 4.69) is 4.98 Å². The third-order valence-electron chi connectivity index (χ3n) is 1.14. The summed E-state index contributed by atoms with van der Waals surface area (Å²) in [4.78, 5) is 14.8. The fraction of sp³-hybridized carbons (Fsp3) is 0.143. The van der Waals surface area contributed by atoms with Gasteiger partial charge in [-0.25, -0.2) is 0 Å². The van der Waals surface area contributed by atoms with Crippen molar-refractivity contribution < 1.29 is 4.79 Å². The number of pyridine rings is 1. The number of ketones is 1. The molecule has 11 heavy (non-hydrogen) atoms. The van der Waals surface area contributed by atoms with E-state index in [9.17, 15) is 4.79 Å². The highest BCUT2D eigenvalue weighted by Gasteiger charge is 2.05. The molecule has 0 saturated carbocycles. The lowest BCUT2D eigenvalue weighted by atomic mass is 10.3. The number of hydrogen-bond donors (Lipinski definition) is 0. The molecule has 4 heteroatoms. The molecule has 1 aromatic heterocycles. The van der Waals surface area contributed by atoms with Gasteiger partial charge in [-0.2, -0.15) is 0 Å². The van der Waals surface area contributed by atoms with Gasteiger partial charge >= 0.3 is 0 Å². The normalized spacial score (nSPS) is 9.73. The molecule has 0 unspecified atom stereocenters.